The average molecular weight is 237 g/mol. The number of rotatable bonds is 5. The number of aryl methyl sites for hydroxylation is 1. The number of ether oxygens (including phenoxy) is 1. The molecule has 4 nitrogen and oxygen atoms in total. The van der Waals surface area contributed by atoms with E-state index in [1.807, 2.05) is 26.6 Å². The molecule has 1 fully saturated rings. The minimum atomic E-state index is 0.453. The van der Waals surface area contributed by atoms with Gasteiger partial charge in [-0.2, -0.15) is 0 Å². The zero-order valence-corrected chi connectivity index (χ0v) is 10.9. The molecule has 1 aliphatic rings. The molecule has 0 aliphatic heterocycles. The summed E-state index contributed by atoms with van der Waals surface area (Å²) >= 11 is 0. The van der Waals surface area contributed by atoms with Crippen molar-refractivity contribution in [1.29, 1.82) is 0 Å². The number of hydrogen-bond donors (Lipinski definition) is 1. The molecule has 1 aromatic heterocycles. The molecule has 0 aromatic carbocycles. The molecule has 0 radical (unpaired) electrons. The Balaban J connectivity index is 1.70. The maximum absolute atomic E-state index is 5.44. The molecule has 0 spiro atoms. The highest BCUT2D eigenvalue weighted by atomic mass is 16.5. The zero-order chi connectivity index (χ0) is 12.1. The highest BCUT2D eigenvalue weighted by Crippen LogP contribution is 2.20. The highest BCUT2D eigenvalue weighted by Gasteiger charge is 2.20. The maximum Gasteiger partial charge on any atom is 0.109 e. The van der Waals surface area contributed by atoms with Gasteiger partial charge in [0.25, 0.3) is 0 Å². The Morgan fingerprint density at radius 1 is 1.53 bits per heavy atom. The Labute approximate surface area is 103 Å². The average Bonchev–Trinajstić information content (AvgIpc) is 2.76. The predicted octanol–water partition coefficient (Wildman–Crippen LogP) is 1.51. The van der Waals surface area contributed by atoms with Crippen molar-refractivity contribution in [3.63, 3.8) is 0 Å². The molecule has 1 aliphatic carbocycles. The molecule has 1 saturated carbocycles. The first kappa shape index (κ1) is 12.6. The van der Waals surface area contributed by atoms with E-state index < -0.39 is 0 Å². The molecule has 0 bridgehead atoms. The molecule has 1 aromatic rings. The molecule has 0 saturated heterocycles. The minimum Gasteiger partial charge on any atom is -0.381 e. The number of hydrogen-bond acceptors (Lipinski definition) is 3. The molecular weight excluding hydrogens is 214 g/mol. The topological polar surface area (TPSA) is 39.1 Å². The third kappa shape index (κ3) is 3.54. The lowest BCUT2D eigenvalue weighted by Crippen LogP contribution is -2.37. The molecule has 1 heterocycles. The van der Waals surface area contributed by atoms with E-state index in [-0.39, 0.29) is 0 Å². The van der Waals surface area contributed by atoms with Gasteiger partial charge in [-0.3, -0.25) is 0 Å². The third-order valence-electron chi connectivity index (χ3n) is 3.66. The van der Waals surface area contributed by atoms with Crippen LogP contribution < -0.4 is 5.32 Å². The summed E-state index contributed by atoms with van der Waals surface area (Å²) in [7, 11) is 3.87. The minimum absolute atomic E-state index is 0.453. The fourth-order valence-electron chi connectivity index (χ4n) is 2.57. The van der Waals surface area contributed by atoms with Crippen LogP contribution in [0.1, 0.15) is 31.5 Å². The molecule has 2 rings (SSSR count). The van der Waals surface area contributed by atoms with Crippen LogP contribution in [-0.4, -0.2) is 35.4 Å². The Hall–Kier alpha value is -0.870. The van der Waals surface area contributed by atoms with Crippen molar-refractivity contribution in [2.45, 2.75) is 44.2 Å². The van der Waals surface area contributed by atoms with Crippen LogP contribution in [0, 0.1) is 0 Å². The molecule has 17 heavy (non-hydrogen) atoms. The number of aromatic nitrogens is 2. The molecule has 2 unspecified atom stereocenters. The van der Waals surface area contributed by atoms with Gasteiger partial charge >= 0.3 is 0 Å². The van der Waals surface area contributed by atoms with Crippen molar-refractivity contribution in [1.82, 2.24) is 14.9 Å². The summed E-state index contributed by atoms with van der Waals surface area (Å²) in [4.78, 5) is 4.33. The second kappa shape index (κ2) is 6.17. The fourth-order valence-corrected chi connectivity index (χ4v) is 2.57. The zero-order valence-electron chi connectivity index (χ0n) is 10.9. The summed E-state index contributed by atoms with van der Waals surface area (Å²) in [5.74, 6) is 1.15. The third-order valence-corrected chi connectivity index (χ3v) is 3.66. The Bertz CT molecular complexity index is 337. The van der Waals surface area contributed by atoms with Crippen molar-refractivity contribution in [2.24, 2.45) is 7.05 Å². The molecule has 1 N–H and O–H groups in total. The number of nitrogens with one attached hydrogen (secondary N) is 1. The maximum atomic E-state index is 5.44. The van der Waals surface area contributed by atoms with Gasteiger partial charge in [0.05, 0.1) is 6.10 Å². The summed E-state index contributed by atoms with van der Waals surface area (Å²) in [6.07, 6.45) is 10.2. The second-order valence-electron chi connectivity index (χ2n) is 4.88. The second-order valence-corrected chi connectivity index (χ2v) is 4.88. The summed E-state index contributed by atoms with van der Waals surface area (Å²) in [5.41, 5.74) is 0. The normalized spacial score (nSPS) is 25.1. The Morgan fingerprint density at radius 3 is 3.12 bits per heavy atom. The quantitative estimate of drug-likeness (QED) is 0.843. The van der Waals surface area contributed by atoms with Crippen LogP contribution in [0.2, 0.25) is 0 Å². The highest BCUT2D eigenvalue weighted by molar-refractivity contribution is 4.92. The first-order valence-electron chi connectivity index (χ1n) is 6.52. The van der Waals surface area contributed by atoms with Crippen molar-refractivity contribution in [3.05, 3.63) is 18.2 Å². The van der Waals surface area contributed by atoms with Crippen molar-refractivity contribution >= 4 is 0 Å². The van der Waals surface area contributed by atoms with E-state index in [0.29, 0.717) is 12.1 Å². The Kier molecular flexibility index (Phi) is 4.57. The van der Waals surface area contributed by atoms with Gasteiger partial charge in [-0.05, 0) is 25.7 Å². The smallest absolute Gasteiger partial charge is 0.109 e. The molecule has 4 heteroatoms. The molecule has 0 amide bonds. The fraction of sp³-hybridized carbons (Fsp3) is 0.769. The molecular formula is C13H23N3O. The van der Waals surface area contributed by atoms with E-state index in [4.69, 9.17) is 4.74 Å². The van der Waals surface area contributed by atoms with Crippen LogP contribution in [-0.2, 0) is 18.2 Å². The van der Waals surface area contributed by atoms with Crippen LogP contribution in [0.4, 0.5) is 0 Å². The lowest BCUT2D eigenvalue weighted by atomic mass is 9.93. The van der Waals surface area contributed by atoms with E-state index in [0.717, 1.165) is 25.2 Å². The van der Waals surface area contributed by atoms with Gasteiger partial charge < -0.3 is 14.6 Å². The van der Waals surface area contributed by atoms with Gasteiger partial charge in [0.1, 0.15) is 5.82 Å². The summed E-state index contributed by atoms with van der Waals surface area (Å²) < 4.78 is 7.52. The predicted molar refractivity (Wildman–Crippen MR) is 68.0 cm³/mol. The Morgan fingerprint density at radius 2 is 2.41 bits per heavy atom. The van der Waals surface area contributed by atoms with E-state index in [1.165, 1.54) is 19.3 Å². The molecule has 96 valence electrons. The van der Waals surface area contributed by atoms with Crippen molar-refractivity contribution in [3.8, 4) is 0 Å². The summed E-state index contributed by atoms with van der Waals surface area (Å²) in [5, 5.41) is 3.62. The van der Waals surface area contributed by atoms with Gasteiger partial charge in [0.2, 0.25) is 0 Å². The van der Waals surface area contributed by atoms with E-state index in [2.05, 4.69) is 14.9 Å². The van der Waals surface area contributed by atoms with Gasteiger partial charge in [0, 0.05) is 45.6 Å². The van der Waals surface area contributed by atoms with Gasteiger partial charge in [-0.15, -0.1) is 0 Å². The van der Waals surface area contributed by atoms with Crippen molar-refractivity contribution < 1.29 is 4.74 Å². The summed E-state index contributed by atoms with van der Waals surface area (Å²) in [6.45, 7) is 1.01. The lowest BCUT2D eigenvalue weighted by Gasteiger charge is -2.28. The largest absolute Gasteiger partial charge is 0.381 e. The van der Waals surface area contributed by atoms with Gasteiger partial charge in [0.15, 0.2) is 0 Å². The first-order valence-corrected chi connectivity index (χ1v) is 6.52. The lowest BCUT2D eigenvalue weighted by molar-refractivity contribution is 0.0590. The van der Waals surface area contributed by atoms with E-state index >= 15 is 0 Å². The molecule has 2 atom stereocenters. The van der Waals surface area contributed by atoms with Gasteiger partial charge in [-0.25, -0.2) is 4.98 Å². The number of methoxy groups -OCH3 is 1. The van der Waals surface area contributed by atoms with Crippen molar-refractivity contribution in [2.75, 3.05) is 13.7 Å². The van der Waals surface area contributed by atoms with Crippen LogP contribution in [0.15, 0.2) is 12.4 Å². The standard InChI is InChI=1S/C13H23N3O/c1-16-9-8-15-13(16)6-7-14-11-4-3-5-12(10-11)17-2/h8-9,11-12,14H,3-7,10H2,1-2H3. The van der Waals surface area contributed by atoms with E-state index in [9.17, 15) is 0 Å². The van der Waals surface area contributed by atoms with E-state index in [1.54, 1.807) is 0 Å². The van der Waals surface area contributed by atoms with Crippen LogP contribution in [0.25, 0.3) is 0 Å². The van der Waals surface area contributed by atoms with Crippen LogP contribution >= 0.6 is 0 Å². The number of nitrogens with zero attached hydrogens (tertiary/aromatic N) is 2. The van der Waals surface area contributed by atoms with Crippen LogP contribution in [0.5, 0.6) is 0 Å². The number of imidazole rings is 1. The van der Waals surface area contributed by atoms with Crippen LogP contribution in [0.3, 0.4) is 0 Å². The van der Waals surface area contributed by atoms with Gasteiger partial charge in [-0.1, -0.05) is 0 Å². The first-order chi connectivity index (χ1) is 8.29. The monoisotopic (exact) mass is 237 g/mol. The summed E-state index contributed by atoms with van der Waals surface area (Å²) in [6, 6.07) is 0.619. The SMILES string of the molecule is COC1CCCC(NCCc2nccn2C)C1.